The van der Waals surface area contributed by atoms with E-state index in [9.17, 15) is 4.21 Å². The topological polar surface area (TPSA) is 29.1 Å². The number of rotatable bonds is 6. The molecule has 1 heterocycles. The Bertz CT molecular complexity index is 422. The van der Waals surface area contributed by atoms with Gasteiger partial charge in [-0.3, -0.25) is 4.21 Å². The molecule has 0 saturated heterocycles. The molecule has 2 rings (SSSR count). The average Bonchev–Trinajstić information content (AvgIpc) is 2.77. The van der Waals surface area contributed by atoms with Gasteiger partial charge in [0, 0.05) is 45.4 Å². The minimum Gasteiger partial charge on any atom is -0.316 e. The van der Waals surface area contributed by atoms with E-state index in [1.807, 2.05) is 11.8 Å². The lowest BCUT2D eigenvalue weighted by Gasteiger charge is -2.13. The van der Waals surface area contributed by atoms with Crippen molar-refractivity contribution in [3.63, 3.8) is 0 Å². The maximum Gasteiger partial charge on any atom is 0.0329 e. The molecule has 1 aromatic carbocycles. The first kappa shape index (κ1) is 14.1. The van der Waals surface area contributed by atoms with Gasteiger partial charge in [-0.05, 0) is 24.6 Å². The van der Waals surface area contributed by atoms with Crippen LogP contribution in [0.15, 0.2) is 29.2 Å². The van der Waals surface area contributed by atoms with E-state index in [1.165, 1.54) is 16.2 Å². The Labute approximate surface area is 116 Å². The standard InChI is InChI=1S/C14H21NOS2/c1-11(18(2)16)7-8-15-9-12-10-17-14-6-4-3-5-13(12)14/h3-6,11-12,15H,7-10H2,1-2H3. The van der Waals surface area contributed by atoms with Gasteiger partial charge in [0.25, 0.3) is 0 Å². The first-order valence-electron chi connectivity index (χ1n) is 6.43. The Hall–Kier alpha value is -0.320. The third-order valence-electron chi connectivity index (χ3n) is 3.48. The van der Waals surface area contributed by atoms with Gasteiger partial charge < -0.3 is 5.32 Å². The quantitative estimate of drug-likeness (QED) is 0.814. The minimum atomic E-state index is -0.696. The minimum absolute atomic E-state index is 0.294. The molecule has 1 aromatic rings. The van der Waals surface area contributed by atoms with E-state index < -0.39 is 10.8 Å². The van der Waals surface area contributed by atoms with Crippen molar-refractivity contribution in [3.8, 4) is 0 Å². The molecule has 1 aliphatic heterocycles. The van der Waals surface area contributed by atoms with Gasteiger partial charge in [-0.2, -0.15) is 0 Å². The van der Waals surface area contributed by atoms with Gasteiger partial charge in [0.15, 0.2) is 0 Å². The highest BCUT2D eigenvalue weighted by molar-refractivity contribution is 7.99. The second-order valence-electron chi connectivity index (χ2n) is 4.85. The fourth-order valence-corrected chi connectivity index (χ4v) is 3.85. The Morgan fingerprint density at radius 3 is 3.06 bits per heavy atom. The molecule has 4 heteroatoms. The summed E-state index contributed by atoms with van der Waals surface area (Å²) in [7, 11) is -0.696. The Kier molecular flexibility index (Phi) is 5.27. The fraction of sp³-hybridized carbons (Fsp3) is 0.571. The largest absolute Gasteiger partial charge is 0.316 e. The van der Waals surface area contributed by atoms with Crippen molar-refractivity contribution in [1.29, 1.82) is 0 Å². The number of thioether (sulfide) groups is 1. The summed E-state index contributed by atoms with van der Waals surface area (Å²) in [5.41, 5.74) is 1.49. The summed E-state index contributed by atoms with van der Waals surface area (Å²) in [4.78, 5) is 1.44. The van der Waals surface area contributed by atoms with Crippen molar-refractivity contribution >= 4 is 22.6 Å². The first-order chi connectivity index (χ1) is 8.68. The van der Waals surface area contributed by atoms with Gasteiger partial charge in [-0.1, -0.05) is 25.1 Å². The van der Waals surface area contributed by atoms with Crippen LogP contribution in [0.3, 0.4) is 0 Å². The summed E-state index contributed by atoms with van der Waals surface area (Å²) in [6, 6.07) is 8.69. The molecule has 0 saturated carbocycles. The summed E-state index contributed by atoms with van der Waals surface area (Å²) in [5.74, 6) is 1.82. The number of hydrogen-bond donors (Lipinski definition) is 1. The fourth-order valence-electron chi connectivity index (χ4n) is 2.15. The molecule has 1 N–H and O–H groups in total. The monoisotopic (exact) mass is 283 g/mol. The van der Waals surface area contributed by atoms with Crippen LogP contribution in [0.4, 0.5) is 0 Å². The van der Waals surface area contributed by atoms with E-state index in [-0.39, 0.29) is 0 Å². The molecule has 3 atom stereocenters. The lowest BCUT2D eigenvalue weighted by Crippen LogP contribution is -2.25. The molecule has 1 aliphatic rings. The van der Waals surface area contributed by atoms with Crippen LogP contribution >= 0.6 is 11.8 Å². The number of benzene rings is 1. The van der Waals surface area contributed by atoms with Crippen LogP contribution in [-0.2, 0) is 10.8 Å². The van der Waals surface area contributed by atoms with Gasteiger partial charge in [-0.15, -0.1) is 11.8 Å². The molecule has 3 unspecified atom stereocenters. The van der Waals surface area contributed by atoms with Crippen molar-refractivity contribution in [2.45, 2.75) is 29.4 Å². The van der Waals surface area contributed by atoms with Crippen LogP contribution in [0.1, 0.15) is 24.8 Å². The summed E-state index contributed by atoms with van der Waals surface area (Å²) in [6.07, 6.45) is 2.78. The zero-order valence-electron chi connectivity index (χ0n) is 11.0. The molecule has 0 aromatic heterocycles. The first-order valence-corrected chi connectivity index (χ1v) is 9.04. The zero-order valence-corrected chi connectivity index (χ0v) is 12.7. The summed E-state index contributed by atoms with van der Waals surface area (Å²) in [5, 5.41) is 3.80. The van der Waals surface area contributed by atoms with Crippen molar-refractivity contribution in [1.82, 2.24) is 5.32 Å². The normalized spacial score (nSPS) is 21.6. The van der Waals surface area contributed by atoms with Crippen molar-refractivity contribution in [2.24, 2.45) is 0 Å². The molecular formula is C14H21NOS2. The van der Waals surface area contributed by atoms with Crippen LogP contribution in [0.2, 0.25) is 0 Å². The van der Waals surface area contributed by atoms with E-state index in [0.29, 0.717) is 11.2 Å². The second kappa shape index (κ2) is 6.73. The highest BCUT2D eigenvalue weighted by Gasteiger charge is 2.21. The smallest absolute Gasteiger partial charge is 0.0329 e. The van der Waals surface area contributed by atoms with Crippen LogP contribution in [-0.4, -0.2) is 34.6 Å². The van der Waals surface area contributed by atoms with Gasteiger partial charge in [0.2, 0.25) is 0 Å². The molecule has 0 bridgehead atoms. The van der Waals surface area contributed by atoms with E-state index in [0.717, 1.165) is 19.5 Å². The molecule has 2 nitrogen and oxygen atoms in total. The van der Waals surface area contributed by atoms with Crippen LogP contribution in [0, 0.1) is 0 Å². The van der Waals surface area contributed by atoms with Crippen LogP contribution < -0.4 is 5.32 Å². The highest BCUT2D eigenvalue weighted by Crippen LogP contribution is 2.38. The van der Waals surface area contributed by atoms with Crippen molar-refractivity contribution in [2.75, 3.05) is 25.1 Å². The molecular weight excluding hydrogens is 262 g/mol. The van der Waals surface area contributed by atoms with E-state index in [1.54, 1.807) is 6.26 Å². The lowest BCUT2D eigenvalue weighted by molar-refractivity contribution is 0.593. The second-order valence-corrected chi connectivity index (χ2v) is 7.71. The Morgan fingerprint density at radius 1 is 1.50 bits per heavy atom. The molecule has 0 radical (unpaired) electrons. The van der Waals surface area contributed by atoms with Gasteiger partial charge in [0.05, 0.1) is 0 Å². The zero-order chi connectivity index (χ0) is 13.0. The summed E-state index contributed by atoms with van der Waals surface area (Å²) >= 11 is 1.96. The van der Waals surface area contributed by atoms with E-state index >= 15 is 0 Å². The summed E-state index contributed by atoms with van der Waals surface area (Å²) < 4.78 is 11.2. The Morgan fingerprint density at radius 2 is 2.28 bits per heavy atom. The number of nitrogens with one attached hydrogen (secondary N) is 1. The predicted octanol–water partition coefficient (Wildman–Crippen LogP) is 2.62. The highest BCUT2D eigenvalue weighted by atomic mass is 32.2. The van der Waals surface area contributed by atoms with Crippen molar-refractivity contribution in [3.05, 3.63) is 29.8 Å². The number of fused-ring (bicyclic) bond motifs is 1. The summed E-state index contributed by atoms with van der Waals surface area (Å²) in [6.45, 7) is 4.05. The molecule has 0 spiro atoms. The molecule has 0 fully saturated rings. The maximum atomic E-state index is 11.2. The van der Waals surface area contributed by atoms with E-state index in [4.69, 9.17) is 0 Å². The Balaban J connectivity index is 1.74. The third kappa shape index (κ3) is 3.59. The maximum absolute atomic E-state index is 11.2. The number of hydrogen-bond acceptors (Lipinski definition) is 3. The molecule has 0 amide bonds. The molecule has 100 valence electrons. The lowest BCUT2D eigenvalue weighted by atomic mass is 10.0. The van der Waals surface area contributed by atoms with Crippen LogP contribution in [0.25, 0.3) is 0 Å². The van der Waals surface area contributed by atoms with Gasteiger partial charge in [-0.25, -0.2) is 0 Å². The van der Waals surface area contributed by atoms with E-state index in [2.05, 4.69) is 36.5 Å². The SMILES string of the molecule is CC(CCNCC1CSc2ccccc21)S(C)=O. The molecule has 0 aliphatic carbocycles. The third-order valence-corrected chi connectivity index (χ3v) is 6.10. The predicted molar refractivity (Wildman–Crippen MR) is 80.9 cm³/mol. The van der Waals surface area contributed by atoms with Gasteiger partial charge >= 0.3 is 0 Å². The average molecular weight is 283 g/mol. The van der Waals surface area contributed by atoms with Crippen LogP contribution in [0.5, 0.6) is 0 Å². The van der Waals surface area contributed by atoms with Crippen molar-refractivity contribution < 1.29 is 4.21 Å². The van der Waals surface area contributed by atoms with Gasteiger partial charge in [0.1, 0.15) is 0 Å². The molecule has 18 heavy (non-hydrogen) atoms.